The number of nitrogens with one attached hydrogen (secondary N) is 1. The lowest BCUT2D eigenvalue weighted by atomic mass is 10.2. The average molecular weight is 274 g/mol. The molecule has 1 aliphatic rings. The monoisotopic (exact) mass is 274 g/mol. The van der Waals surface area contributed by atoms with Gasteiger partial charge in [0.05, 0.1) is 0 Å². The number of hydrogen-bond acceptors (Lipinski definition) is 4. The Morgan fingerprint density at radius 2 is 1.70 bits per heavy atom. The fourth-order valence-electron chi connectivity index (χ4n) is 1.81. The van der Waals surface area contributed by atoms with Crippen molar-refractivity contribution < 1.29 is 19.5 Å². The van der Waals surface area contributed by atoms with E-state index < -0.39 is 0 Å². The maximum atomic E-state index is 11.7. The molecule has 3 amide bonds. The van der Waals surface area contributed by atoms with E-state index in [9.17, 15) is 14.4 Å². The molecular weight excluding hydrogens is 260 g/mol. The number of amides is 3. The highest BCUT2D eigenvalue weighted by molar-refractivity contribution is 6.12. The van der Waals surface area contributed by atoms with Crippen molar-refractivity contribution in [3.05, 3.63) is 42.0 Å². The van der Waals surface area contributed by atoms with E-state index in [0.717, 1.165) is 4.90 Å². The van der Waals surface area contributed by atoms with E-state index in [1.54, 1.807) is 0 Å². The molecule has 2 N–H and O–H groups in total. The lowest BCUT2D eigenvalue weighted by Gasteiger charge is -2.13. The maximum Gasteiger partial charge on any atom is 0.253 e. The number of nitrogens with zero attached hydrogens (tertiary/aromatic N) is 1. The van der Waals surface area contributed by atoms with Crippen molar-refractivity contribution in [3.8, 4) is 5.75 Å². The maximum absolute atomic E-state index is 11.7. The van der Waals surface area contributed by atoms with E-state index in [1.807, 2.05) is 0 Å². The second kappa shape index (κ2) is 6.01. The molecule has 1 heterocycles. The van der Waals surface area contributed by atoms with E-state index in [0.29, 0.717) is 18.5 Å². The van der Waals surface area contributed by atoms with Crippen LogP contribution in [-0.2, 0) is 9.59 Å². The smallest absolute Gasteiger partial charge is 0.253 e. The Bertz CT molecular complexity index is 545. The zero-order valence-electron chi connectivity index (χ0n) is 10.7. The number of imide groups is 1. The van der Waals surface area contributed by atoms with Crippen LogP contribution >= 0.6 is 0 Å². The van der Waals surface area contributed by atoms with Crippen molar-refractivity contribution in [1.29, 1.82) is 0 Å². The van der Waals surface area contributed by atoms with E-state index in [1.165, 1.54) is 36.4 Å². The summed E-state index contributed by atoms with van der Waals surface area (Å²) in [6.07, 6.45) is 2.96. The van der Waals surface area contributed by atoms with Crippen molar-refractivity contribution in [3.63, 3.8) is 0 Å². The molecule has 0 unspecified atom stereocenters. The second-order valence-electron chi connectivity index (χ2n) is 4.32. The Morgan fingerprint density at radius 3 is 2.30 bits per heavy atom. The fourth-order valence-corrected chi connectivity index (χ4v) is 1.81. The average Bonchev–Trinajstić information content (AvgIpc) is 2.75. The topological polar surface area (TPSA) is 86.7 Å². The van der Waals surface area contributed by atoms with Gasteiger partial charge in [0.1, 0.15) is 5.75 Å². The van der Waals surface area contributed by atoms with Gasteiger partial charge in [-0.1, -0.05) is 0 Å². The number of carbonyl (C=O) groups is 3. The third kappa shape index (κ3) is 3.23. The summed E-state index contributed by atoms with van der Waals surface area (Å²) < 4.78 is 0. The molecule has 0 fully saturated rings. The molecule has 1 aromatic carbocycles. The number of rotatable bonds is 5. The normalized spacial score (nSPS) is 13.9. The van der Waals surface area contributed by atoms with Crippen LogP contribution in [0.4, 0.5) is 0 Å². The van der Waals surface area contributed by atoms with Gasteiger partial charge in [0.25, 0.3) is 17.7 Å². The van der Waals surface area contributed by atoms with Crippen LogP contribution in [0.25, 0.3) is 0 Å². The number of aromatic hydroxyl groups is 1. The standard InChI is InChI=1S/C14H14N2O4/c17-11-4-2-10(3-5-11)14(20)15-8-1-9-16-12(18)6-7-13(16)19/h2-7,17H,1,8-9H2,(H,15,20). The summed E-state index contributed by atoms with van der Waals surface area (Å²) >= 11 is 0. The van der Waals surface area contributed by atoms with Crippen LogP contribution in [-0.4, -0.2) is 40.8 Å². The molecule has 0 radical (unpaired) electrons. The highest BCUT2D eigenvalue weighted by Crippen LogP contribution is 2.09. The summed E-state index contributed by atoms with van der Waals surface area (Å²) in [5, 5.41) is 11.8. The van der Waals surface area contributed by atoms with E-state index in [4.69, 9.17) is 5.11 Å². The van der Waals surface area contributed by atoms with Gasteiger partial charge in [-0.2, -0.15) is 0 Å². The van der Waals surface area contributed by atoms with Gasteiger partial charge >= 0.3 is 0 Å². The summed E-state index contributed by atoms with van der Waals surface area (Å²) in [6.45, 7) is 0.636. The predicted octanol–water partition coefficient (Wildman–Crippen LogP) is 0.437. The van der Waals surface area contributed by atoms with Gasteiger partial charge < -0.3 is 10.4 Å². The SMILES string of the molecule is O=C(NCCCN1C(=O)C=CC1=O)c1ccc(O)cc1. The Morgan fingerprint density at radius 1 is 1.10 bits per heavy atom. The van der Waals surface area contributed by atoms with Gasteiger partial charge in [0.2, 0.25) is 0 Å². The molecule has 0 atom stereocenters. The highest BCUT2D eigenvalue weighted by atomic mass is 16.3. The minimum absolute atomic E-state index is 0.0973. The van der Waals surface area contributed by atoms with E-state index >= 15 is 0 Å². The van der Waals surface area contributed by atoms with Gasteiger partial charge in [0.15, 0.2) is 0 Å². The number of benzene rings is 1. The first-order valence-electron chi connectivity index (χ1n) is 6.19. The van der Waals surface area contributed by atoms with Crippen molar-refractivity contribution >= 4 is 17.7 Å². The molecule has 0 spiro atoms. The van der Waals surface area contributed by atoms with E-state index in [-0.39, 0.29) is 30.0 Å². The van der Waals surface area contributed by atoms with Gasteiger partial charge in [-0.15, -0.1) is 0 Å². The predicted molar refractivity (Wildman–Crippen MR) is 70.9 cm³/mol. The molecule has 20 heavy (non-hydrogen) atoms. The molecule has 1 aliphatic heterocycles. The first kappa shape index (κ1) is 13.8. The van der Waals surface area contributed by atoms with Crippen LogP contribution in [0.5, 0.6) is 5.75 Å². The number of hydrogen-bond donors (Lipinski definition) is 2. The van der Waals surface area contributed by atoms with Gasteiger partial charge in [-0.25, -0.2) is 0 Å². The Kier molecular flexibility index (Phi) is 4.14. The molecule has 0 saturated carbocycles. The van der Waals surface area contributed by atoms with Crippen molar-refractivity contribution in [1.82, 2.24) is 10.2 Å². The fraction of sp³-hybridized carbons (Fsp3) is 0.214. The van der Waals surface area contributed by atoms with Gasteiger partial charge in [-0.05, 0) is 30.7 Å². The van der Waals surface area contributed by atoms with Crippen molar-refractivity contribution in [2.24, 2.45) is 0 Å². The third-order valence-electron chi connectivity index (χ3n) is 2.87. The molecule has 104 valence electrons. The molecular formula is C14H14N2O4. The quantitative estimate of drug-likeness (QED) is 0.602. The summed E-state index contributed by atoms with van der Waals surface area (Å²) in [5.41, 5.74) is 0.442. The summed E-state index contributed by atoms with van der Waals surface area (Å²) in [5.74, 6) is -0.804. The van der Waals surface area contributed by atoms with Crippen LogP contribution in [0.2, 0.25) is 0 Å². The molecule has 0 bridgehead atoms. The number of carbonyl (C=O) groups excluding carboxylic acids is 3. The molecule has 1 aromatic rings. The molecule has 6 heteroatoms. The van der Waals surface area contributed by atoms with Crippen LogP contribution in [0, 0.1) is 0 Å². The van der Waals surface area contributed by atoms with Crippen molar-refractivity contribution in [2.75, 3.05) is 13.1 Å². The molecule has 0 saturated heterocycles. The minimum Gasteiger partial charge on any atom is -0.508 e. The van der Waals surface area contributed by atoms with Crippen LogP contribution < -0.4 is 5.32 Å². The van der Waals surface area contributed by atoms with Crippen molar-refractivity contribution in [2.45, 2.75) is 6.42 Å². The van der Waals surface area contributed by atoms with E-state index in [2.05, 4.69) is 5.32 Å². The summed E-state index contributed by atoms with van der Waals surface area (Å²) in [6, 6.07) is 5.90. The summed E-state index contributed by atoms with van der Waals surface area (Å²) in [4.78, 5) is 35.4. The van der Waals surface area contributed by atoms with Crippen LogP contribution in [0.15, 0.2) is 36.4 Å². The zero-order chi connectivity index (χ0) is 14.5. The van der Waals surface area contributed by atoms with Gasteiger partial charge in [0, 0.05) is 30.8 Å². The lowest BCUT2D eigenvalue weighted by molar-refractivity contribution is -0.136. The van der Waals surface area contributed by atoms with Crippen LogP contribution in [0.1, 0.15) is 16.8 Å². The molecule has 6 nitrogen and oxygen atoms in total. The lowest BCUT2D eigenvalue weighted by Crippen LogP contribution is -2.33. The zero-order valence-corrected chi connectivity index (χ0v) is 10.7. The Hall–Kier alpha value is -2.63. The minimum atomic E-state index is -0.320. The third-order valence-corrected chi connectivity index (χ3v) is 2.87. The number of phenolic OH excluding ortho intramolecular Hbond substituents is 1. The largest absolute Gasteiger partial charge is 0.508 e. The summed E-state index contributed by atoms with van der Waals surface area (Å²) in [7, 11) is 0. The Balaban J connectivity index is 1.73. The first-order valence-corrected chi connectivity index (χ1v) is 6.19. The number of phenols is 1. The highest BCUT2D eigenvalue weighted by Gasteiger charge is 2.22. The Labute approximate surface area is 115 Å². The molecule has 2 rings (SSSR count). The molecule has 0 aromatic heterocycles. The first-order chi connectivity index (χ1) is 9.58. The van der Waals surface area contributed by atoms with Crippen LogP contribution in [0.3, 0.4) is 0 Å². The second-order valence-corrected chi connectivity index (χ2v) is 4.32. The van der Waals surface area contributed by atoms with Gasteiger partial charge in [-0.3, -0.25) is 19.3 Å². The molecule has 0 aliphatic carbocycles.